The number of amides is 1. The number of benzene rings is 2. The summed E-state index contributed by atoms with van der Waals surface area (Å²) < 4.78 is 5.20. The first-order valence-electron chi connectivity index (χ1n) is 7.91. The summed E-state index contributed by atoms with van der Waals surface area (Å²) in [5, 5.41) is 25.7. The van der Waals surface area contributed by atoms with Gasteiger partial charge in [0, 0.05) is 6.42 Å². The molecule has 0 spiro atoms. The van der Waals surface area contributed by atoms with Crippen LogP contribution in [0.4, 0.5) is 0 Å². The fraction of sp³-hybridized carbons (Fsp3) is 0.167. The van der Waals surface area contributed by atoms with E-state index in [0.717, 1.165) is 11.6 Å². The number of carbonyl (C=O) groups is 1. The standard InChI is InChI=1S/C18H15Cl2N3O4/c1-9-21-18(27-23-9)13(7-10-5-3-2-4-6-10)22-17(26)11-8-12(19)16(25)14(20)15(11)24/h2-6,8,13,24-25H,7H2,1H3,(H,22,26)/t13-/m0/s1. The van der Waals surface area contributed by atoms with E-state index in [-0.39, 0.29) is 16.5 Å². The third kappa shape index (κ3) is 4.15. The summed E-state index contributed by atoms with van der Waals surface area (Å²) in [5.74, 6) is -1.08. The molecule has 0 saturated heterocycles. The summed E-state index contributed by atoms with van der Waals surface area (Å²) in [6.07, 6.45) is 0.383. The van der Waals surface area contributed by atoms with Gasteiger partial charge in [-0.2, -0.15) is 4.98 Å². The third-order valence-electron chi connectivity index (χ3n) is 3.84. The van der Waals surface area contributed by atoms with E-state index in [2.05, 4.69) is 15.5 Å². The Morgan fingerprint density at radius 2 is 1.93 bits per heavy atom. The SMILES string of the molecule is Cc1noc([C@H](Cc2ccccc2)NC(=O)c2cc(Cl)c(O)c(Cl)c2O)n1. The summed E-state index contributed by atoms with van der Waals surface area (Å²) in [7, 11) is 0. The Kier molecular flexibility index (Phi) is 5.53. The maximum absolute atomic E-state index is 12.7. The van der Waals surface area contributed by atoms with E-state index in [9.17, 15) is 15.0 Å². The number of nitrogens with one attached hydrogen (secondary N) is 1. The van der Waals surface area contributed by atoms with E-state index in [1.54, 1.807) is 6.92 Å². The molecule has 1 amide bonds. The molecular formula is C18H15Cl2N3O4. The number of phenols is 2. The highest BCUT2D eigenvalue weighted by molar-refractivity contribution is 6.38. The van der Waals surface area contributed by atoms with Crippen molar-refractivity contribution in [2.45, 2.75) is 19.4 Å². The molecule has 27 heavy (non-hydrogen) atoms. The summed E-state index contributed by atoms with van der Waals surface area (Å²) in [5.41, 5.74) is 0.752. The van der Waals surface area contributed by atoms with Gasteiger partial charge in [-0.05, 0) is 18.6 Å². The summed E-state index contributed by atoms with van der Waals surface area (Å²) >= 11 is 11.7. The van der Waals surface area contributed by atoms with Gasteiger partial charge in [-0.15, -0.1) is 0 Å². The van der Waals surface area contributed by atoms with E-state index in [1.807, 2.05) is 30.3 Å². The third-order valence-corrected chi connectivity index (χ3v) is 4.49. The fourth-order valence-corrected chi connectivity index (χ4v) is 2.97. The van der Waals surface area contributed by atoms with Gasteiger partial charge in [0.25, 0.3) is 5.91 Å². The Balaban J connectivity index is 1.91. The van der Waals surface area contributed by atoms with E-state index < -0.39 is 28.5 Å². The van der Waals surface area contributed by atoms with Crippen LogP contribution in [0.25, 0.3) is 0 Å². The number of hydrogen-bond donors (Lipinski definition) is 3. The van der Waals surface area contributed by atoms with Crippen LogP contribution < -0.4 is 5.32 Å². The van der Waals surface area contributed by atoms with E-state index in [1.165, 1.54) is 0 Å². The predicted molar refractivity (Wildman–Crippen MR) is 99.2 cm³/mol. The molecule has 7 nitrogen and oxygen atoms in total. The van der Waals surface area contributed by atoms with Gasteiger partial charge < -0.3 is 20.1 Å². The molecule has 3 aromatic rings. The zero-order valence-corrected chi connectivity index (χ0v) is 15.6. The van der Waals surface area contributed by atoms with Crippen molar-refractivity contribution in [3.05, 3.63) is 69.3 Å². The number of halogens is 2. The molecule has 0 unspecified atom stereocenters. The number of aryl methyl sites for hydroxylation is 1. The molecule has 0 aliphatic carbocycles. The van der Waals surface area contributed by atoms with Crippen LogP contribution in [0, 0.1) is 6.92 Å². The van der Waals surface area contributed by atoms with Crippen LogP contribution >= 0.6 is 23.2 Å². The molecule has 1 heterocycles. The Hall–Kier alpha value is -2.77. The maximum Gasteiger partial charge on any atom is 0.255 e. The summed E-state index contributed by atoms with van der Waals surface area (Å²) in [6.45, 7) is 1.67. The second kappa shape index (κ2) is 7.85. The molecule has 0 aliphatic rings. The normalized spacial score (nSPS) is 12.0. The van der Waals surface area contributed by atoms with Crippen molar-refractivity contribution in [1.29, 1.82) is 0 Å². The lowest BCUT2D eigenvalue weighted by atomic mass is 10.0. The molecular weight excluding hydrogens is 393 g/mol. The van der Waals surface area contributed by atoms with Gasteiger partial charge in [-0.1, -0.05) is 58.7 Å². The molecule has 0 fully saturated rings. The second-order valence-electron chi connectivity index (χ2n) is 5.81. The molecule has 1 atom stereocenters. The minimum atomic E-state index is -0.659. The zero-order valence-electron chi connectivity index (χ0n) is 14.1. The van der Waals surface area contributed by atoms with Crippen molar-refractivity contribution in [3.63, 3.8) is 0 Å². The molecule has 140 valence electrons. The number of carbonyl (C=O) groups excluding carboxylic acids is 1. The first-order chi connectivity index (χ1) is 12.9. The van der Waals surface area contributed by atoms with Gasteiger partial charge in [0.05, 0.1) is 10.6 Å². The Bertz CT molecular complexity index is 976. The van der Waals surface area contributed by atoms with Gasteiger partial charge in [0.2, 0.25) is 5.89 Å². The molecule has 2 aromatic carbocycles. The number of phenolic OH excluding ortho intramolecular Hbond substituents is 2. The summed E-state index contributed by atoms with van der Waals surface area (Å²) in [4.78, 5) is 16.9. The molecule has 0 aliphatic heterocycles. The number of aromatic hydroxyl groups is 2. The van der Waals surface area contributed by atoms with Crippen LogP contribution in [0.5, 0.6) is 11.5 Å². The predicted octanol–water partition coefficient (Wildman–Crippen LogP) is 3.81. The molecule has 3 N–H and O–H groups in total. The highest BCUT2D eigenvalue weighted by atomic mass is 35.5. The van der Waals surface area contributed by atoms with Crippen molar-refractivity contribution >= 4 is 29.1 Å². The van der Waals surface area contributed by atoms with Crippen LogP contribution in [0.2, 0.25) is 10.0 Å². The maximum atomic E-state index is 12.7. The Morgan fingerprint density at radius 3 is 2.56 bits per heavy atom. The first kappa shape index (κ1) is 19.0. The summed E-state index contributed by atoms with van der Waals surface area (Å²) in [6, 6.07) is 9.91. The number of hydrogen-bond acceptors (Lipinski definition) is 6. The van der Waals surface area contributed by atoms with Crippen LogP contribution in [-0.2, 0) is 6.42 Å². The number of rotatable bonds is 5. The van der Waals surface area contributed by atoms with Crippen LogP contribution in [0.1, 0.15) is 33.7 Å². The first-order valence-corrected chi connectivity index (χ1v) is 8.67. The smallest absolute Gasteiger partial charge is 0.255 e. The van der Waals surface area contributed by atoms with Gasteiger partial charge >= 0.3 is 0 Å². The largest absolute Gasteiger partial charge is 0.505 e. The van der Waals surface area contributed by atoms with Crippen molar-refractivity contribution in [3.8, 4) is 11.5 Å². The lowest BCUT2D eigenvalue weighted by molar-refractivity contribution is 0.0925. The van der Waals surface area contributed by atoms with Crippen molar-refractivity contribution in [2.24, 2.45) is 0 Å². The average molecular weight is 408 g/mol. The lowest BCUT2D eigenvalue weighted by Crippen LogP contribution is -2.30. The average Bonchev–Trinajstić information content (AvgIpc) is 3.09. The van der Waals surface area contributed by atoms with Crippen molar-refractivity contribution < 1.29 is 19.5 Å². The monoisotopic (exact) mass is 407 g/mol. The molecule has 3 rings (SSSR count). The second-order valence-corrected chi connectivity index (χ2v) is 6.60. The van der Waals surface area contributed by atoms with Crippen LogP contribution in [0.15, 0.2) is 40.9 Å². The van der Waals surface area contributed by atoms with E-state index in [4.69, 9.17) is 27.7 Å². The molecule has 0 saturated carbocycles. The minimum Gasteiger partial charge on any atom is -0.505 e. The van der Waals surface area contributed by atoms with Crippen LogP contribution in [0.3, 0.4) is 0 Å². The topological polar surface area (TPSA) is 108 Å². The lowest BCUT2D eigenvalue weighted by Gasteiger charge is -2.16. The van der Waals surface area contributed by atoms with Gasteiger partial charge in [-0.3, -0.25) is 4.79 Å². The molecule has 1 aromatic heterocycles. The van der Waals surface area contributed by atoms with Gasteiger partial charge in [0.15, 0.2) is 17.3 Å². The van der Waals surface area contributed by atoms with Crippen molar-refractivity contribution in [2.75, 3.05) is 0 Å². The zero-order chi connectivity index (χ0) is 19.6. The Morgan fingerprint density at radius 1 is 1.22 bits per heavy atom. The van der Waals surface area contributed by atoms with E-state index >= 15 is 0 Å². The van der Waals surface area contributed by atoms with Crippen LogP contribution in [-0.4, -0.2) is 26.3 Å². The fourth-order valence-electron chi connectivity index (χ4n) is 2.51. The van der Waals surface area contributed by atoms with Gasteiger partial charge in [0.1, 0.15) is 11.1 Å². The number of aromatic nitrogens is 2. The number of nitrogens with zero attached hydrogens (tertiary/aromatic N) is 2. The molecule has 9 heteroatoms. The Labute approximate surface area is 164 Å². The highest BCUT2D eigenvalue weighted by Crippen LogP contribution is 2.41. The van der Waals surface area contributed by atoms with Crippen molar-refractivity contribution in [1.82, 2.24) is 15.5 Å². The molecule has 0 radical (unpaired) electrons. The quantitative estimate of drug-likeness (QED) is 0.593. The van der Waals surface area contributed by atoms with E-state index in [0.29, 0.717) is 12.2 Å². The molecule has 0 bridgehead atoms. The highest BCUT2D eigenvalue weighted by Gasteiger charge is 2.25. The minimum absolute atomic E-state index is 0.156. The van der Waals surface area contributed by atoms with Gasteiger partial charge in [-0.25, -0.2) is 0 Å².